The number of piperidine rings is 1. The summed E-state index contributed by atoms with van der Waals surface area (Å²) in [5.41, 5.74) is 10.7. The molecular weight excluding hydrogens is 226 g/mol. The second-order valence-corrected chi connectivity index (χ2v) is 6.74. The van der Waals surface area contributed by atoms with Crippen molar-refractivity contribution in [3.63, 3.8) is 0 Å². The summed E-state index contributed by atoms with van der Waals surface area (Å²) in [6, 6.07) is 0. The predicted molar refractivity (Wildman–Crippen MR) is 75.1 cm³/mol. The maximum atomic E-state index is 11.1. The summed E-state index contributed by atoms with van der Waals surface area (Å²) in [5, 5.41) is 0. The second kappa shape index (κ2) is 6.02. The summed E-state index contributed by atoms with van der Waals surface area (Å²) < 4.78 is 0. The van der Waals surface area contributed by atoms with Gasteiger partial charge in [-0.05, 0) is 64.1 Å². The van der Waals surface area contributed by atoms with Gasteiger partial charge in [-0.2, -0.15) is 0 Å². The first-order valence-corrected chi connectivity index (χ1v) is 7.04. The molecule has 0 saturated carbocycles. The van der Waals surface area contributed by atoms with Gasteiger partial charge < -0.3 is 16.4 Å². The fourth-order valence-electron chi connectivity index (χ4n) is 2.33. The molecule has 1 aliphatic rings. The van der Waals surface area contributed by atoms with E-state index in [0.29, 0.717) is 11.8 Å². The Morgan fingerprint density at radius 3 is 2.33 bits per heavy atom. The molecule has 4 heteroatoms. The molecule has 0 aromatic rings. The third-order valence-corrected chi connectivity index (χ3v) is 4.19. The van der Waals surface area contributed by atoms with Gasteiger partial charge in [-0.15, -0.1) is 0 Å². The van der Waals surface area contributed by atoms with Crippen molar-refractivity contribution < 1.29 is 4.79 Å². The molecule has 0 bridgehead atoms. The van der Waals surface area contributed by atoms with Crippen LogP contribution in [0, 0.1) is 5.41 Å². The predicted octanol–water partition coefficient (Wildman–Crippen LogP) is 1.48. The highest BCUT2D eigenvalue weighted by Crippen LogP contribution is 2.29. The molecule has 1 unspecified atom stereocenters. The third-order valence-electron chi connectivity index (χ3n) is 4.19. The van der Waals surface area contributed by atoms with Crippen molar-refractivity contribution in [1.82, 2.24) is 4.90 Å². The van der Waals surface area contributed by atoms with Crippen molar-refractivity contribution in [2.45, 2.75) is 58.4 Å². The number of nitrogens with zero attached hydrogens (tertiary/aromatic N) is 1. The molecule has 1 atom stereocenters. The first-order chi connectivity index (χ1) is 8.23. The molecule has 0 aromatic heterocycles. The zero-order valence-electron chi connectivity index (χ0n) is 12.2. The molecule has 0 radical (unpaired) electrons. The van der Waals surface area contributed by atoms with Crippen LogP contribution in [0.2, 0.25) is 0 Å². The van der Waals surface area contributed by atoms with E-state index in [1.54, 1.807) is 6.92 Å². The van der Waals surface area contributed by atoms with Gasteiger partial charge in [0.1, 0.15) is 0 Å². The number of carbonyl (C=O) groups is 1. The smallest absolute Gasteiger partial charge is 0.237 e. The summed E-state index contributed by atoms with van der Waals surface area (Å²) in [5.74, 6) is -0.401. The Morgan fingerprint density at radius 2 is 1.83 bits per heavy atom. The number of hydrogen-bond donors (Lipinski definition) is 2. The Labute approximate surface area is 111 Å². The first-order valence-electron chi connectivity index (χ1n) is 7.04. The van der Waals surface area contributed by atoms with E-state index in [4.69, 9.17) is 11.5 Å². The number of amides is 1. The molecule has 4 nitrogen and oxygen atoms in total. The van der Waals surface area contributed by atoms with Crippen LogP contribution >= 0.6 is 0 Å². The molecule has 0 aromatic carbocycles. The molecular formula is C14H29N3O. The van der Waals surface area contributed by atoms with Crippen LogP contribution in [-0.2, 0) is 4.79 Å². The number of nitrogens with two attached hydrogens (primary N) is 2. The van der Waals surface area contributed by atoms with E-state index in [9.17, 15) is 4.79 Å². The van der Waals surface area contributed by atoms with Gasteiger partial charge in [-0.1, -0.05) is 13.8 Å². The van der Waals surface area contributed by atoms with Crippen LogP contribution in [0.5, 0.6) is 0 Å². The Balaban J connectivity index is 2.14. The van der Waals surface area contributed by atoms with Gasteiger partial charge in [0.05, 0.1) is 5.54 Å². The Morgan fingerprint density at radius 1 is 1.28 bits per heavy atom. The van der Waals surface area contributed by atoms with E-state index in [0.717, 1.165) is 19.4 Å². The van der Waals surface area contributed by atoms with Gasteiger partial charge >= 0.3 is 0 Å². The molecule has 1 aliphatic heterocycles. The van der Waals surface area contributed by atoms with Crippen molar-refractivity contribution in [1.29, 1.82) is 0 Å². The zero-order chi connectivity index (χ0) is 13.8. The lowest BCUT2D eigenvalue weighted by Gasteiger charge is -2.37. The molecule has 18 heavy (non-hydrogen) atoms. The number of hydrogen-bond acceptors (Lipinski definition) is 3. The summed E-state index contributed by atoms with van der Waals surface area (Å²) in [7, 11) is 0. The Bertz CT molecular complexity index is 277. The van der Waals surface area contributed by atoms with E-state index >= 15 is 0 Å². The molecule has 1 amide bonds. The summed E-state index contributed by atoms with van der Waals surface area (Å²) in [6.45, 7) is 9.92. The summed E-state index contributed by atoms with van der Waals surface area (Å²) in [4.78, 5) is 13.6. The number of unbranched alkanes of at least 4 members (excludes halogenated alkanes) is 1. The largest absolute Gasteiger partial charge is 0.368 e. The summed E-state index contributed by atoms with van der Waals surface area (Å²) >= 11 is 0. The van der Waals surface area contributed by atoms with Crippen LogP contribution < -0.4 is 11.5 Å². The van der Waals surface area contributed by atoms with Crippen molar-refractivity contribution in [2.75, 3.05) is 19.6 Å². The van der Waals surface area contributed by atoms with E-state index in [1.165, 1.54) is 25.9 Å². The average Bonchev–Trinajstić information content (AvgIpc) is 2.26. The lowest BCUT2D eigenvalue weighted by molar-refractivity contribution is -0.122. The van der Waals surface area contributed by atoms with E-state index < -0.39 is 11.4 Å². The molecule has 106 valence electrons. The topological polar surface area (TPSA) is 72.3 Å². The fourth-order valence-corrected chi connectivity index (χ4v) is 2.33. The quantitative estimate of drug-likeness (QED) is 0.706. The molecule has 1 rings (SSSR count). The molecule has 4 N–H and O–H groups in total. The van der Waals surface area contributed by atoms with Crippen molar-refractivity contribution in [2.24, 2.45) is 16.9 Å². The first kappa shape index (κ1) is 15.4. The monoisotopic (exact) mass is 255 g/mol. The van der Waals surface area contributed by atoms with Crippen molar-refractivity contribution in [3.8, 4) is 0 Å². The standard InChI is InChI=1S/C14H29N3O/c1-13(2)7-10-17(11-8-13)9-5-4-6-14(3,16)12(15)18/h4-11,16H2,1-3H3,(H2,15,18). The van der Waals surface area contributed by atoms with Gasteiger partial charge in [0, 0.05) is 0 Å². The zero-order valence-corrected chi connectivity index (χ0v) is 12.2. The fraction of sp³-hybridized carbons (Fsp3) is 0.929. The lowest BCUT2D eigenvalue weighted by atomic mass is 9.82. The number of primary amides is 1. The van der Waals surface area contributed by atoms with E-state index in [2.05, 4.69) is 18.7 Å². The normalized spacial score (nSPS) is 23.6. The van der Waals surface area contributed by atoms with Crippen LogP contribution in [0.4, 0.5) is 0 Å². The minimum Gasteiger partial charge on any atom is -0.368 e. The van der Waals surface area contributed by atoms with Gasteiger partial charge in [0.15, 0.2) is 0 Å². The van der Waals surface area contributed by atoms with Gasteiger partial charge in [0.2, 0.25) is 5.91 Å². The van der Waals surface area contributed by atoms with Crippen LogP contribution in [0.1, 0.15) is 52.9 Å². The molecule has 1 heterocycles. The maximum absolute atomic E-state index is 11.1. The molecule has 1 fully saturated rings. The van der Waals surface area contributed by atoms with Gasteiger partial charge in [-0.25, -0.2) is 0 Å². The highest BCUT2D eigenvalue weighted by atomic mass is 16.1. The number of rotatable bonds is 6. The van der Waals surface area contributed by atoms with Crippen molar-refractivity contribution >= 4 is 5.91 Å². The molecule has 0 spiro atoms. The highest BCUT2D eigenvalue weighted by molar-refractivity contribution is 5.83. The lowest BCUT2D eigenvalue weighted by Crippen LogP contribution is -2.49. The molecule has 0 aliphatic carbocycles. The van der Waals surface area contributed by atoms with Crippen LogP contribution in [0.25, 0.3) is 0 Å². The minimum absolute atomic E-state index is 0.401. The Kier molecular flexibility index (Phi) is 5.17. The van der Waals surface area contributed by atoms with Crippen LogP contribution in [-0.4, -0.2) is 36.0 Å². The molecule has 1 saturated heterocycles. The van der Waals surface area contributed by atoms with Gasteiger partial charge in [0.25, 0.3) is 0 Å². The third kappa shape index (κ3) is 4.94. The second-order valence-electron chi connectivity index (χ2n) is 6.74. The average molecular weight is 255 g/mol. The minimum atomic E-state index is -0.843. The highest BCUT2D eigenvalue weighted by Gasteiger charge is 2.26. The van der Waals surface area contributed by atoms with Gasteiger partial charge in [-0.3, -0.25) is 4.79 Å². The maximum Gasteiger partial charge on any atom is 0.237 e. The van der Waals surface area contributed by atoms with Crippen molar-refractivity contribution in [3.05, 3.63) is 0 Å². The number of carbonyl (C=O) groups excluding carboxylic acids is 1. The van der Waals surface area contributed by atoms with Crippen LogP contribution in [0.15, 0.2) is 0 Å². The van der Waals surface area contributed by atoms with E-state index in [1.807, 2.05) is 0 Å². The number of likely N-dealkylation sites (tertiary alicyclic amines) is 1. The SMILES string of the molecule is CC1(C)CCN(CCCCC(C)(N)C(N)=O)CC1. The Hall–Kier alpha value is -0.610. The van der Waals surface area contributed by atoms with E-state index in [-0.39, 0.29) is 0 Å². The summed E-state index contributed by atoms with van der Waals surface area (Å²) in [6.07, 6.45) is 5.31. The van der Waals surface area contributed by atoms with Crippen LogP contribution in [0.3, 0.4) is 0 Å².